The van der Waals surface area contributed by atoms with Gasteiger partial charge in [0, 0.05) is 57.5 Å². The maximum absolute atomic E-state index is 13.1. The molecule has 0 radical (unpaired) electrons. The van der Waals surface area contributed by atoms with Crippen LogP contribution in [0.5, 0.6) is 5.75 Å². The molecule has 0 saturated heterocycles. The van der Waals surface area contributed by atoms with Crippen molar-refractivity contribution in [2.45, 2.75) is 58.1 Å². The molecule has 3 heterocycles. The molecule has 0 bridgehead atoms. The molecule has 3 N–H and O–H groups in total. The fourth-order valence-corrected chi connectivity index (χ4v) is 10.7. The standard InChI is InChI=1S/C36H29Cl4N9O9S2.C16H19N3S/c1-17-19(3)46-57-34(17)48-59(52,53)23-12-8-21(9-13-23)42-44-27-16-28(30(56-36(51)32(39)40)25-6-5-7-26(29(25)27)41-33(50)31(37)38)45-43-22-10-14-24(15-11-22)60(54,55)49-35-18(2)20(4)47-58-35;1-18(2)11-5-7-13-15(9-11)20-16-10-12(19(3)4)6-8-14(16)17-13/h5-16,31-32,48-49H,1-4H3,(H,41,50);5-11H,1-4H3. The number of azo groups is 2. The van der Waals surface area contributed by atoms with E-state index in [1.54, 1.807) is 27.7 Å². The number of aromatic nitrogens is 2. The first kappa shape index (κ1) is 59.0. The number of aryl methyl sites for hydroxylation is 2. The number of thioether (sulfide) groups is 1. The van der Waals surface area contributed by atoms with Crippen LogP contribution < -0.4 is 24.4 Å². The Hall–Kier alpha value is -7.16. The molecule has 1 atom stereocenters. The average molecular weight is 1220 g/mol. The highest BCUT2D eigenvalue weighted by Crippen LogP contribution is 2.47. The van der Waals surface area contributed by atoms with Crippen LogP contribution in [0.1, 0.15) is 22.5 Å². The van der Waals surface area contributed by atoms with Crippen LogP contribution in [0.15, 0.2) is 163 Å². The van der Waals surface area contributed by atoms with Gasteiger partial charge in [-0.2, -0.15) is 10.2 Å². The molecule has 0 saturated carbocycles. The van der Waals surface area contributed by atoms with Crippen LogP contribution in [0.25, 0.3) is 10.8 Å². The Balaban J connectivity index is 0.000000350. The van der Waals surface area contributed by atoms with Crippen LogP contribution in [0, 0.1) is 27.7 Å². The molecule has 9 rings (SSSR count). The molecule has 21 nitrogen and oxygen atoms in total. The average Bonchev–Trinajstić information content (AvgIpc) is 3.92. The molecule has 2 aromatic heterocycles. The molecule has 28 heteroatoms. The number of esters is 1. The Morgan fingerprint density at radius 2 is 1.27 bits per heavy atom. The molecule has 1 amide bonds. The summed E-state index contributed by atoms with van der Waals surface area (Å²) in [5.41, 5.74) is 5.84. The number of ether oxygens (including phenoxy) is 1. The summed E-state index contributed by atoms with van der Waals surface area (Å²) in [5, 5.41) is 27.6. The van der Waals surface area contributed by atoms with Gasteiger partial charge in [-0.1, -0.05) is 86.7 Å². The van der Waals surface area contributed by atoms with E-state index in [-0.39, 0.29) is 66.5 Å². The number of rotatable bonds is 16. The lowest BCUT2D eigenvalue weighted by molar-refractivity contribution is -0.132. The van der Waals surface area contributed by atoms with Crippen molar-refractivity contribution in [2.75, 3.05) is 47.9 Å². The molecule has 5 aromatic carbocycles. The minimum absolute atomic E-state index is 0.0261. The van der Waals surface area contributed by atoms with Gasteiger partial charge in [0.25, 0.3) is 26.0 Å². The fraction of sp³-hybridized carbons (Fsp3) is 0.212. The van der Waals surface area contributed by atoms with Crippen molar-refractivity contribution in [1.29, 1.82) is 0 Å². The first-order valence-electron chi connectivity index (χ1n) is 23.7. The van der Waals surface area contributed by atoms with Gasteiger partial charge in [0.1, 0.15) is 5.69 Å². The zero-order valence-corrected chi connectivity index (χ0v) is 49.0. The number of allylic oxidation sites excluding steroid dienone is 2. The number of carbonyl (C=O) groups is 2. The topological polar surface area (TPSA) is 268 Å². The molecule has 0 fully saturated rings. The molecule has 7 aromatic rings. The number of benzene rings is 5. The smallest absolute Gasteiger partial charge is 0.344 e. The maximum Gasteiger partial charge on any atom is 0.344 e. The van der Waals surface area contributed by atoms with Gasteiger partial charge in [0.2, 0.25) is 16.6 Å². The zero-order valence-electron chi connectivity index (χ0n) is 43.6. The van der Waals surface area contributed by atoms with Crippen LogP contribution in [0.4, 0.5) is 51.6 Å². The van der Waals surface area contributed by atoms with Gasteiger partial charge in [0.05, 0.1) is 55.3 Å². The second-order valence-corrected chi connectivity index (χ2v) is 24.7. The van der Waals surface area contributed by atoms with Gasteiger partial charge >= 0.3 is 5.97 Å². The molecule has 1 aliphatic heterocycles. The van der Waals surface area contributed by atoms with E-state index in [9.17, 15) is 26.4 Å². The Morgan fingerprint density at radius 1 is 0.713 bits per heavy atom. The third-order valence-electron chi connectivity index (χ3n) is 12.1. The van der Waals surface area contributed by atoms with E-state index >= 15 is 0 Å². The molecular weight excluding hydrogens is 1170 g/mol. The van der Waals surface area contributed by atoms with Gasteiger partial charge < -0.3 is 24.0 Å². The Labute approximate surface area is 484 Å². The second-order valence-electron chi connectivity index (χ2n) is 18.0. The summed E-state index contributed by atoms with van der Waals surface area (Å²) in [4.78, 5) is 33.7. The van der Waals surface area contributed by atoms with Crippen LogP contribution in [0.2, 0.25) is 0 Å². The summed E-state index contributed by atoms with van der Waals surface area (Å²) >= 11 is 25.2. The Morgan fingerprint density at radius 3 is 1.77 bits per heavy atom. The van der Waals surface area contributed by atoms with Crippen LogP contribution in [-0.2, 0) is 29.6 Å². The van der Waals surface area contributed by atoms with Gasteiger partial charge in [-0.25, -0.2) is 36.1 Å². The molecule has 1 aliphatic carbocycles. The number of amides is 1. The van der Waals surface area contributed by atoms with E-state index in [2.05, 4.69) is 120 Å². The third kappa shape index (κ3) is 13.7. The Bertz CT molecular complexity index is 3920. The van der Waals surface area contributed by atoms with Crippen molar-refractivity contribution >= 4 is 158 Å². The van der Waals surface area contributed by atoms with Gasteiger partial charge in [-0.05, 0) is 133 Å². The largest absolute Gasteiger partial charge is 0.421 e. The molecule has 416 valence electrons. The first-order valence-corrected chi connectivity index (χ1v) is 29.2. The van der Waals surface area contributed by atoms with Gasteiger partial charge in [-0.3, -0.25) is 9.69 Å². The number of sulfonamides is 2. The van der Waals surface area contributed by atoms with Crippen molar-refractivity contribution in [2.24, 2.45) is 25.4 Å². The number of aliphatic imine (C=N–C) groups is 1. The lowest BCUT2D eigenvalue weighted by Gasteiger charge is -2.25. The van der Waals surface area contributed by atoms with Gasteiger partial charge in [0.15, 0.2) is 10.6 Å². The number of nitrogens with one attached hydrogen (secondary N) is 3. The fourth-order valence-electron chi connectivity index (χ4n) is 7.38. The second kappa shape index (κ2) is 24.7. The summed E-state index contributed by atoms with van der Waals surface area (Å²) in [6.45, 7) is 6.64. The number of carbonyl (C=O) groups excluding carboxylic acids is 2. The first-order chi connectivity index (χ1) is 37.9. The lowest BCUT2D eigenvalue weighted by atomic mass is 10.0. The van der Waals surface area contributed by atoms with E-state index < -0.39 is 41.6 Å². The summed E-state index contributed by atoms with van der Waals surface area (Å²) < 4.78 is 72.6. The number of hydrogen-bond donors (Lipinski definition) is 3. The van der Waals surface area contributed by atoms with Crippen molar-refractivity contribution in [1.82, 2.24) is 15.2 Å². The quantitative estimate of drug-likeness (QED) is 0.0351. The number of alkyl halides is 4. The van der Waals surface area contributed by atoms with Crippen LogP contribution >= 0.6 is 58.2 Å². The highest BCUT2D eigenvalue weighted by Gasteiger charge is 2.26. The number of halogens is 4. The summed E-state index contributed by atoms with van der Waals surface area (Å²) in [7, 11) is 0.161. The van der Waals surface area contributed by atoms with E-state index in [1.165, 1.54) is 88.3 Å². The Kier molecular flexibility index (Phi) is 18.2. The minimum atomic E-state index is -4.08. The van der Waals surface area contributed by atoms with E-state index in [1.807, 2.05) is 11.8 Å². The summed E-state index contributed by atoms with van der Waals surface area (Å²) in [6, 6.07) is 23.3. The SMILES string of the molecule is CN(C)c1ccc2c(c1)SC1=CC(N(C)C)C=CC1=N2.Cc1noc(NS(=O)(=O)c2ccc(N=Nc3cc(N=Nc4ccc(S(=O)(=O)Nc5onc(C)c5C)cc4)c4c(NC(=O)C(Cl)Cl)cccc4c3OC(=O)C(Cl)Cl)cc2)c1C. The maximum atomic E-state index is 13.1. The van der Waals surface area contributed by atoms with Crippen LogP contribution in [-0.4, -0.2) is 93.5 Å². The molecule has 0 spiro atoms. The van der Waals surface area contributed by atoms with Crippen molar-refractivity contribution in [3.63, 3.8) is 0 Å². The normalized spacial score (nSPS) is 14.2. The van der Waals surface area contributed by atoms with Crippen molar-refractivity contribution in [3.8, 4) is 5.75 Å². The molecule has 80 heavy (non-hydrogen) atoms. The zero-order chi connectivity index (χ0) is 57.8. The highest BCUT2D eigenvalue weighted by molar-refractivity contribution is 8.04. The van der Waals surface area contributed by atoms with E-state index in [0.717, 1.165) is 11.4 Å². The van der Waals surface area contributed by atoms with Gasteiger partial charge in [-0.15, -0.1) is 10.2 Å². The van der Waals surface area contributed by atoms with Crippen LogP contribution in [0.3, 0.4) is 0 Å². The number of likely N-dealkylation sites (N-methyl/N-ethyl adjacent to an activating group) is 1. The summed E-state index contributed by atoms with van der Waals surface area (Å²) in [5.74, 6) is -2.15. The molecular formula is C52H48Cl4N12O9S3. The number of nitrogens with zero attached hydrogens (tertiary/aromatic N) is 9. The predicted octanol–water partition coefficient (Wildman–Crippen LogP) is 13.2. The number of anilines is 4. The molecule has 2 aliphatic rings. The van der Waals surface area contributed by atoms with Crippen molar-refractivity contribution in [3.05, 3.63) is 137 Å². The molecule has 1 unspecified atom stereocenters. The van der Waals surface area contributed by atoms with E-state index in [4.69, 9.17) is 65.2 Å². The third-order valence-corrected chi connectivity index (χ3v) is 16.6. The number of fused-ring (bicyclic) bond motifs is 3. The highest BCUT2D eigenvalue weighted by atomic mass is 35.5. The van der Waals surface area contributed by atoms with E-state index in [0.29, 0.717) is 28.6 Å². The lowest BCUT2D eigenvalue weighted by Crippen LogP contribution is -2.27. The predicted molar refractivity (Wildman–Crippen MR) is 312 cm³/mol. The summed E-state index contributed by atoms with van der Waals surface area (Å²) in [6.07, 6.45) is 6.62. The number of hydrogen-bond acceptors (Lipinski definition) is 19. The van der Waals surface area contributed by atoms with Crippen molar-refractivity contribution < 1.29 is 40.2 Å². The monoisotopic (exact) mass is 1220 g/mol. The minimum Gasteiger partial charge on any atom is -0.421 e.